The molecule has 0 amide bonds. The van der Waals surface area contributed by atoms with Gasteiger partial charge in [0.15, 0.2) is 0 Å². The molecule has 2 saturated carbocycles. The smallest absolute Gasteiger partial charge is 0.0406 e. The van der Waals surface area contributed by atoms with Gasteiger partial charge in [0, 0.05) is 17.5 Å². The third-order valence-corrected chi connectivity index (χ3v) is 4.97. The van der Waals surface area contributed by atoms with Gasteiger partial charge in [0.2, 0.25) is 0 Å². The van der Waals surface area contributed by atoms with E-state index in [-0.39, 0.29) is 5.54 Å². The van der Waals surface area contributed by atoms with Crippen LogP contribution in [0.4, 0.5) is 0 Å². The monoisotopic (exact) mass is 243 g/mol. The molecule has 2 atom stereocenters. The molecule has 0 aliphatic heterocycles. The van der Waals surface area contributed by atoms with Crippen LogP contribution >= 0.6 is 11.6 Å². The normalized spacial score (nSPS) is 37.5. The van der Waals surface area contributed by atoms with Crippen LogP contribution < -0.4 is 5.32 Å². The SMILES string of the molecule is CC1CCCC(CCl)(NC2CCCCC2)C1. The molecule has 0 aromatic carbocycles. The number of rotatable bonds is 3. The summed E-state index contributed by atoms with van der Waals surface area (Å²) in [7, 11) is 0. The van der Waals surface area contributed by atoms with Gasteiger partial charge in [0.05, 0.1) is 0 Å². The maximum absolute atomic E-state index is 6.26. The first-order valence-electron chi connectivity index (χ1n) is 7.08. The summed E-state index contributed by atoms with van der Waals surface area (Å²) in [5, 5.41) is 3.92. The van der Waals surface area contributed by atoms with Gasteiger partial charge >= 0.3 is 0 Å². The van der Waals surface area contributed by atoms with Gasteiger partial charge in [-0.05, 0) is 31.6 Å². The zero-order chi connectivity index (χ0) is 11.4. The van der Waals surface area contributed by atoms with Crippen molar-refractivity contribution < 1.29 is 0 Å². The Labute approximate surface area is 105 Å². The molecular formula is C14H26ClN. The van der Waals surface area contributed by atoms with E-state index in [4.69, 9.17) is 11.6 Å². The second-order valence-corrected chi connectivity index (χ2v) is 6.36. The molecule has 2 fully saturated rings. The van der Waals surface area contributed by atoms with Crippen LogP contribution in [0.25, 0.3) is 0 Å². The highest BCUT2D eigenvalue weighted by molar-refractivity contribution is 6.18. The third kappa shape index (κ3) is 3.13. The summed E-state index contributed by atoms with van der Waals surface area (Å²) in [5.41, 5.74) is 0.265. The van der Waals surface area contributed by atoms with E-state index in [2.05, 4.69) is 12.2 Å². The lowest BCUT2D eigenvalue weighted by atomic mass is 9.76. The molecule has 2 aliphatic rings. The van der Waals surface area contributed by atoms with Crippen molar-refractivity contribution in [1.29, 1.82) is 0 Å². The zero-order valence-electron chi connectivity index (χ0n) is 10.6. The van der Waals surface area contributed by atoms with Crippen molar-refractivity contribution >= 4 is 11.6 Å². The van der Waals surface area contributed by atoms with Gasteiger partial charge in [0.1, 0.15) is 0 Å². The van der Waals surface area contributed by atoms with Crippen LogP contribution in [-0.2, 0) is 0 Å². The molecule has 0 aromatic heterocycles. The highest BCUT2D eigenvalue weighted by atomic mass is 35.5. The van der Waals surface area contributed by atoms with Gasteiger partial charge in [0.25, 0.3) is 0 Å². The van der Waals surface area contributed by atoms with E-state index in [9.17, 15) is 0 Å². The van der Waals surface area contributed by atoms with Crippen molar-refractivity contribution in [2.24, 2.45) is 5.92 Å². The van der Waals surface area contributed by atoms with E-state index < -0.39 is 0 Å². The minimum atomic E-state index is 0.265. The van der Waals surface area contributed by atoms with Crippen molar-refractivity contribution in [2.75, 3.05) is 5.88 Å². The summed E-state index contributed by atoms with van der Waals surface area (Å²) in [6, 6.07) is 0.748. The Balaban J connectivity index is 1.91. The molecular weight excluding hydrogens is 218 g/mol. The van der Waals surface area contributed by atoms with E-state index in [1.54, 1.807) is 0 Å². The number of halogens is 1. The minimum Gasteiger partial charge on any atom is -0.307 e. The van der Waals surface area contributed by atoms with Crippen molar-refractivity contribution in [1.82, 2.24) is 5.32 Å². The zero-order valence-corrected chi connectivity index (χ0v) is 11.4. The topological polar surface area (TPSA) is 12.0 Å². The quantitative estimate of drug-likeness (QED) is 0.736. The molecule has 0 radical (unpaired) electrons. The van der Waals surface area contributed by atoms with Gasteiger partial charge < -0.3 is 5.32 Å². The van der Waals surface area contributed by atoms with Crippen molar-refractivity contribution in [3.8, 4) is 0 Å². The Hall–Kier alpha value is 0.250. The summed E-state index contributed by atoms with van der Waals surface area (Å²) < 4.78 is 0. The molecule has 94 valence electrons. The number of alkyl halides is 1. The van der Waals surface area contributed by atoms with Crippen LogP contribution in [0, 0.1) is 5.92 Å². The summed E-state index contributed by atoms with van der Waals surface area (Å²) in [4.78, 5) is 0. The van der Waals surface area contributed by atoms with Crippen LogP contribution in [0.2, 0.25) is 0 Å². The second-order valence-electron chi connectivity index (χ2n) is 6.09. The fourth-order valence-electron chi connectivity index (χ4n) is 3.63. The second kappa shape index (κ2) is 5.73. The average Bonchev–Trinajstić information content (AvgIpc) is 2.30. The first kappa shape index (κ1) is 12.7. The Morgan fingerprint density at radius 1 is 1.12 bits per heavy atom. The lowest BCUT2D eigenvalue weighted by Gasteiger charge is -2.43. The predicted octanol–water partition coefficient (Wildman–Crippen LogP) is 4.10. The highest BCUT2D eigenvalue weighted by Crippen LogP contribution is 2.34. The van der Waals surface area contributed by atoms with Gasteiger partial charge in [-0.2, -0.15) is 0 Å². The lowest BCUT2D eigenvalue weighted by molar-refractivity contribution is 0.175. The van der Waals surface area contributed by atoms with Crippen molar-refractivity contribution in [3.63, 3.8) is 0 Å². The molecule has 2 heteroatoms. The van der Waals surface area contributed by atoms with E-state index in [1.807, 2.05) is 0 Å². The molecule has 0 saturated heterocycles. The first-order chi connectivity index (χ1) is 7.74. The lowest BCUT2D eigenvalue weighted by Crippen LogP contribution is -2.54. The summed E-state index contributed by atoms with van der Waals surface area (Å²) >= 11 is 6.26. The van der Waals surface area contributed by atoms with Crippen LogP contribution in [-0.4, -0.2) is 17.5 Å². The fourth-order valence-corrected chi connectivity index (χ4v) is 3.95. The molecule has 0 bridgehead atoms. The van der Waals surface area contributed by atoms with E-state index in [1.165, 1.54) is 57.8 Å². The molecule has 0 heterocycles. The highest BCUT2D eigenvalue weighted by Gasteiger charge is 2.35. The van der Waals surface area contributed by atoms with Gasteiger partial charge in [-0.1, -0.05) is 39.0 Å². The Morgan fingerprint density at radius 2 is 1.88 bits per heavy atom. The van der Waals surface area contributed by atoms with E-state index >= 15 is 0 Å². The molecule has 1 N–H and O–H groups in total. The molecule has 2 unspecified atom stereocenters. The molecule has 0 spiro atoms. The van der Waals surface area contributed by atoms with Crippen LogP contribution in [0.15, 0.2) is 0 Å². The summed E-state index contributed by atoms with van der Waals surface area (Å²) in [6.07, 6.45) is 12.3. The van der Waals surface area contributed by atoms with E-state index in [0.29, 0.717) is 0 Å². The van der Waals surface area contributed by atoms with Gasteiger partial charge in [-0.25, -0.2) is 0 Å². The number of hydrogen-bond acceptors (Lipinski definition) is 1. The van der Waals surface area contributed by atoms with Gasteiger partial charge in [-0.15, -0.1) is 11.6 Å². The fraction of sp³-hybridized carbons (Fsp3) is 1.00. The van der Waals surface area contributed by atoms with E-state index in [0.717, 1.165) is 17.8 Å². The minimum absolute atomic E-state index is 0.265. The first-order valence-corrected chi connectivity index (χ1v) is 7.61. The maximum atomic E-state index is 6.26. The van der Waals surface area contributed by atoms with Crippen LogP contribution in [0.3, 0.4) is 0 Å². The molecule has 1 nitrogen and oxygen atoms in total. The van der Waals surface area contributed by atoms with Gasteiger partial charge in [-0.3, -0.25) is 0 Å². The maximum Gasteiger partial charge on any atom is 0.0406 e. The largest absolute Gasteiger partial charge is 0.307 e. The Kier molecular flexibility index (Phi) is 4.55. The summed E-state index contributed by atoms with van der Waals surface area (Å²) in [6.45, 7) is 2.38. The van der Waals surface area contributed by atoms with Crippen molar-refractivity contribution in [3.05, 3.63) is 0 Å². The molecule has 2 rings (SSSR count). The summed E-state index contributed by atoms with van der Waals surface area (Å²) in [5.74, 6) is 1.65. The average molecular weight is 244 g/mol. The standard InChI is InChI=1S/C14H26ClN/c1-12-6-5-9-14(10-12,11-15)16-13-7-3-2-4-8-13/h12-13,16H,2-11H2,1H3. The molecule has 0 aromatic rings. The Morgan fingerprint density at radius 3 is 2.50 bits per heavy atom. The number of hydrogen-bond donors (Lipinski definition) is 1. The Bertz CT molecular complexity index is 213. The van der Waals surface area contributed by atoms with Crippen molar-refractivity contribution in [2.45, 2.75) is 76.3 Å². The third-order valence-electron chi connectivity index (χ3n) is 4.46. The molecule has 2 aliphatic carbocycles. The van der Waals surface area contributed by atoms with Crippen LogP contribution in [0.1, 0.15) is 64.7 Å². The number of nitrogens with one attached hydrogen (secondary N) is 1. The van der Waals surface area contributed by atoms with Crippen LogP contribution in [0.5, 0.6) is 0 Å². The predicted molar refractivity (Wildman–Crippen MR) is 71.1 cm³/mol. The molecule has 16 heavy (non-hydrogen) atoms.